The van der Waals surface area contributed by atoms with Gasteiger partial charge in [-0.3, -0.25) is 5.32 Å². The number of urea groups is 1. The molecular weight excluding hydrogens is 453 g/mol. The Balaban J connectivity index is 1.47. The minimum absolute atomic E-state index is 0.292. The van der Waals surface area contributed by atoms with Gasteiger partial charge in [0, 0.05) is 33.9 Å². The number of carbonyl (C=O) groups excluding carboxylic acids is 1. The van der Waals surface area contributed by atoms with Crippen LogP contribution in [0.3, 0.4) is 0 Å². The van der Waals surface area contributed by atoms with Crippen molar-refractivity contribution in [2.75, 3.05) is 10.6 Å². The quantitative estimate of drug-likeness (QED) is 0.342. The maximum Gasteiger partial charge on any atom is 0.324 e. The van der Waals surface area contributed by atoms with Crippen molar-refractivity contribution in [1.29, 1.82) is 0 Å². The topological polar surface area (TPSA) is 71.8 Å². The van der Waals surface area contributed by atoms with Crippen LogP contribution < -0.4 is 10.6 Å². The normalized spacial score (nSPS) is 11.1. The van der Waals surface area contributed by atoms with Crippen LogP contribution in [0.2, 0.25) is 10.0 Å². The number of amides is 2. The first-order valence-electron chi connectivity index (χ1n) is 9.24. The third-order valence-electron chi connectivity index (χ3n) is 4.47. The van der Waals surface area contributed by atoms with E-state index in [1.807, 2.05) is 65.5 Å². The van der Waals surface area contributed by atoms with Gasteiger partial charge in [0.25, 0.3) is 0 Å². The second-order valence-electron chi connectivity index (χ2n) is 6.54. The van der Waals surface area contributed by atoms with Crippen LogP contribution in [0, 0.1) is 0 Å². The summed E-state index contributed by atoms with van der Waals surface area (Å²) in [6, 6.07) is 16.2. The fraction of sp³-hybridized carbons (Fsp3) is 0.0455. The standard InChI is InChI=1S/C22H17Cl2N5OS/c1-29-19(12-11-16-17(23)4-2-5-18(16)24)27-28-21(29)14-7-9-15(10-8-14)25-22(30)26-20-6-3-13-31-20/h2-13H,1H3,(H2,25,26,30)/b12-11+. The second-order valence-corrected chi connectivity index (χ2v) is 8.31. The van der Waals surface area contributed by atoms with Gasteiger partial charge in [0.1, 0.15) is 0 Å². The summed E-state index contributed by atoms with van der Waals surface area (Å²) in [7, 11) is 1.88. The number of benzene rings is 2. The van der Waals surface area contributed by atoms with Crippen molar-refractivity contribution in [2.24, 2.45) is 7.05 Å². The minimum atomic E-state index is -0.292. The van der Waals surface area contributed by atoms with Crippen LogP contribution in [0.15, 0.2) is 60.0 Å². The summed E-state index contributed by atoms with van der Waals surface area (Å²) in [6.07, 6.45) is 3.63. The molecule has 0 unspecified atom stereocenters. The number of rotatable bonds is 5. The molecule has 2 N–H and O–H groups in total. The largest absolute Gasteiger partial charge is 0.324 e. The monoisotopic (exact) mass is 469 g/mol. The fourth-order valence-electron chi connectivity index (χ4n) is 2.89. The molecule has 0 aliphatic heterocycles. The molecule has 2 aromatic carbocycles. The number of anilines is 2. The Kier molecular flexibility index (Phi) is 6.36. The molecule has 0 aliphatic carbocycles. The van der Waals surface area contributed by atoms with E-state index in [0.717, 1.165) is 16.1 Å². The predicted molar refractivity (Wildman–Crippen MR) is 129 cm³/mol. The SMILES string of the molecule is Cn1c(/C=C/c2c(Cl)cccc2Cl)nnc1-c1ccc(NC(=O)Nc2cccs2)cc1. The number of nitrogens with one attached hydrogen (secondary N) is 2. The smallest absolute Gasteiger partial charge is 0.311 e. The molecule has 0 saturated carbocycles. The highest BCUT2D eigenvalue weighted by atomic mass is 35.5. The van der Waals surface area contributed by atoms with Gasteiger partial charge < -0.3 is 9.88 Å². The van der Waals surface area contributed by atoms with E-state index in [4.69, 9.17) is 23.2 Å². The summed E-state index contributed by atoms with van der Waals surface area (Å²) in [5.41, 5.74) is 2.27. The molecule has 2 amide bonds. The summed E-state index contributed by atoms with van der Waals surface area (Å²) in [4.78, 5) is 12.1. The van der Waals surface area contributed by atoms with Crippen LogP contribution in [-0.2, 0) is 7.05 Å². The van der Waals surface area contributed by atoms with Crippen molar-refractivity contribution in [3.63, 3.8) is 0 Å². The molecule has 0 spiro atoms. The molecule has 0 atom stereocenters. The Labute approximate surface area is 193 Å². The molecule has 2 aromatic heterocycles. The number of aromatic nitrogens is 3. The second kappa shape index (κ2) is 9.34. The van der Waals surface area contributed by atoms with Crippen LogP contribution in [0.4, 0.5) is 15.5 Å². The van der Waals surface area contributed by atoms with E-state index in [1.165, 1.54) is 11.3 Å². The first-order chi connectivity index (χ1) is 15.0. The summed E-state index contributed by atoms with van der Waals surface area (Å²) in [6.45, 7) is 0. The Morgan fingerprint density at radius 1 is 0.968 bits per heavy atom. The number of thiophene rings is 1. The number of carbonyl (C=O) groups is 1. The van der Waals surface area contributed by atoms with E-state index >= 15 is 0 Å². The third-order valence-corrected chi connectivity index (χ3v) is 5.91. The third kappa shape index (κ3) is 4.96. The predicted octanol–water partition coefficient (Wildman–Crippen LogP) is 6.66. The van der Waals surface area contributed by atoms with Gasteiger partial charge in [0.15, 0.2) is 11.6 Å². The summed E-state index contributed by atoms with van der Waals surface area (Å²) >= 11 is 13.9. The molecule has 4 rings (SSSR count). The van der Waals surface area contributed by atoms with Crippen LogP contribution in [0.5, 0.6) is 0 Å². The van der Waals surface area contributed by atoms with Gasteiger partial charge in [0.05, 0.1) is 5.00 Å². The Morgan fingerprint density at radius 3 is 2.39 bits per heavy atom. The van der Waals surface area contributed by atoms with Crippen LogP contribution in [0.25, 0.3) is 23.5 Å². The molecule has 0 radical (unpaired) electrons. The highest BCUT2D eigenvalue weighted by Crippen LogP contribution is 2.27. The Hall–Kier alpha value is -3.13. The van der Waals surface area contributed by atoms with Gasteiger partial charge in [-0.15, -0.1) is 21.5 Å². The molecule has 9 heteroatoms. The van der Waals surface area contributed by atoms with Gasteiger partial charge in [-0.25, -0.2) is 4.79 Å². The number of hydrogen-bond donors (Lipinski definition) is 2. The first kappa shape index (κ1) is 21.1. The lowest BCUT2D eigenvalue weighted by molar-refractivity contribution is 0.262. The first-order valence-corrected chi connectivity index (χ1v) is 10.9. The zero-order valence-electron chi connectivity index (χ0n) is 16.3. The number of hydrogen-bond acceptors (Lipinski definition) is 4. The molecule has 0 aliphatic rings. The highest BCUT2D eigenvalue weighted by Gasteiger charge is 2.10. The van der Waals surface area contributed by atoms with Gasteiger partial charge in [-0.1, -0.05) is 29.3 Å². The highest BCUT2D eigenvalue weighted by molar-refractivity contribution is 7.14. The van der Waals surface area contributed by atoms with Crippen LogP contribution in [-0.4, -0.2) is 20.8 Å². The van der Waals surface area contributed by atoms with E-state index in [2.05, 4.69) is 20.8 Å². The van der Waals surface area contributed by atoms with Gasteiger partial charge in [0.2, 0.25) is 0 Å². The van der Waals surface area contributed by atoms with Gasteiger partial charge in [-0.05, 0) is 66.1 Å². The summed E-state index contributed by atoms with van der Waals surface area (Å²) < 4.78 is 1.87. The number of nitrogens with zero attached hydrogens (tertiary/aromatic N) is 3. The molecule has 0 saturated heterocycles. The van der Waals surface area contributed by atoms with Crippen molar-refractivity contribution in [1.82, 2.24) is 14.8 Å². The molecular formula is C22H17Cl2N5OS. The Morgan fingerprint density at radius 2 is 1.71 bits per heavy atom. The lowest BCUT2D eigenvalue weighted by Gasteiger charge is -2.07. The average molecular weight is 470 g/mol. The Bertz CT molecular complexity index is 1210. The van der Waals surface area contributed by atoms with Crippen molar-refractivity contribution in [3.8, 4) is 11.4 Å². The zero-order chi connectivity index (χ0) is 21.8. The molecule has 2 heterocycles. The summed E-state index contributed by atoms with van der Waals surface area (Å²) in [5.74, 6) is 1.35. The van der Waals surface area contributed by atoms with Crippen molar-refractivity contribution < 1.29 is 4.79 Å². The number of halogens is 2. The van der Waals surface area contributed by atoms with Gasteiger partial charge >= 0.3 is 6.03 Å². The molecule has 0 bridgehead atoms. The van der Waals surface area contributed by atoms with Crippen LogP contribution in [0.1, 0.15) is 11.4 Å². The van der Waals surface area contributed by atoms with E-state index in [9.17, 15) is 4.79 Å². The lowest BCUT2D eigenvalue weighted by atomic mass is 10.2. The molecule has 6 nitrogen and oxygen atoms in total. The lowest BCUT2D eigenvalue weighted by Crippen LogP contribution is -2.18. The van der Waals surface area contributed by atoms with E-state index in [0.29, 0.717) is 27.4 Å². The van der Waals surface area contributed by atoms with Crippen molar-refractivity contribution in [3.05, 3.63) is 81.4 Å². The molecule has 156 valence electrons. The fourth-order valence-corrected chi connectivity index (χ4v) is 4.03. The van der Waals surface area contributed by atoms with Crippen molar-refractivity contribution >= 4 is 63.4 Å². The maximum atomic E-state index is 12.1. The van der Waals surface area contributed by atoms with Crippen LogP contribution >= 0.6 is 34.5 Å². The maximum absolute atomic E-state index is 12.1. The molecule has 0 fully saturated rings. The zero-order valence-corrected chi connectivity index (χ0v) is 18.7. The van der Waals surface area contributed by atoms with E-state index in [-0.39, 0.29) is 6.03 Å². The molecule has 4 aromatic rings. The van der Waals surface area contributed by atoms with E-state index in [1.54, 1.807) is 18.2 Å². The molecule has 31 heavy (non-hydrogen) atoms. The average Bonchev–Trinajstić information content (AvgIpc) is 3.38. The van der Waals surface area contributed by atoms with Gasteiger partial charge in [-0.2, -0.15) is 0 Å². The van der Waals surface area contributed by atoms with E-state index < -0.39 is 0 Å². The summed E-state index contributed by atoms with van der Waals surface area (Å²) in [5, 5.41) is 17.9. The van der Waals surface area contributed by atoms with Crippen molar-refractivity contribution in [2.45, 2.75) is 0 Å². The minimum Gasteiger partial charge on any atom is -0.311 e.